The maximum absolute atomic E-state index is 13.4. The highest BCUT2D eigenvalue weighted by Gasteiger charge is 2.08. The van der Waals surface area contributed by atoms with Crippen LogP contribution in [0.15, 0.2) is 18.2 Å². The Kier molecular flexibility index (Phi) is 6.97. The molecule has 0 saturated heterocycles. The lowest BCUT2D eigenvalue weighted by Gasteiger charge is -2.11. The Morgan fingerprint density at radius 1 is 1.24 bits per heavy atom. The molecule has 0 bridgehead atoms. The SMILES string of the molecule is CCCCOCCOc1c(F)cccc1CCl. The maximum atomic E-state index is 13.4. The number of halogens is 2. The van der Waals surface area contributed by atoms with Gasteiger partial charge in [0.25, 0.3) is 0 Å². The van der Waals surface area contributed by atoms with Gasteiger partial charge in [0, 0.05) is 12.2 Å². The molecule has 0 atom stereocenters. The van der Waals surface area contributed by atoms with Crippen molar-refractivity contribution in [1.29, 1.82) is 0 Å². The molecule has 0 unspecified atom stereocenters. The lowest BCUT2D eigenvalue weighted by molar-refractivity contribution is 0.0964. The number of alkyl halides is 1. The van der Waals surface area contributed by atoms with Crippen LogP contribution in [0.1, 0.15) is 25.3 Å². The maximum Gasteiger partial charge on any atom is 0.165 e. The molecule has 1 aromatic carbocycles. The number of ether oxygens (including phenoxy) is 2. The monoisotopic (exact) mass is 260 g/mol. The molecule has 0 fully saturated rings. The Morgan fingerprint density at radius 3 is 2.76 bits per heavy atom. The van der Waals surface area contributed by atoms with Crippen molar-refractivity contribution in [3.05, 3.63) is 29.6 Å². The topological polar surface area (TPSA) is 18.5 Å². The molecule has 1 rings (SSSR count). The van der Waals surface area contributed by atoms with Gasteiger partial charge < -0.3 is 9.47 Å². The minimum atomic E-state index is -0.378. The van der Waals surface area contributed by atoms with Crippen molar-refractivity contribution >= 4 is 11.6 Å². The zero-order chi connectivity index (χ0) is 12.5. The van der Waals surface area contributed by atoms with Gasteiger partial charge in [0.15, 0.2) is 11.6 Å². The lowest BCUT2D eigenvalue weighted by atomic mass is 10.2. The first kappa shape index (κ1) is 14.3. The smallest absolute Gasteiger partial charge is 0.165 e. The van der Waals surface area contributed by atoms with Crippen LogP contribution < -0.4 is 4.74 Å². The van der Waals surface area contributed by atoms with Crippen LogP contribution in [0.2, 0.25) is 0 Å². The fourth-order valence-electron chi connectivity index (χ4n) is 1.37. The Hall–Kier alpha value is -0.800. The fraction of sp³-hybridized carbons (Fsp3) is 0.538. The standard InChI is InChI=1S/C13H18ClFO2/c1-2-3-7-16-8-9-17-13-11(10-14)5-4-6-12(13)15/h4-6H,2-3,7-10H2,1H3. The van der Waals surface area contributed by atoms with Gasteiger partial charge in [-0.2, -0.15) is 0 Å². The molecule has 0 aromatic heterocycles. The molecular weight excluding hydrogens is 243 g/mol. The molecule has 0 aliphatic heterocycles. The van der Waals surface area contributed by atoms with E-state index in [1.807, 2.05) is 0 Å². The molecule has 96 valence electrons. The van der Waals surface area contributed by atoms with E-state index in [0.29, 0.717) is 18.8 Å². The molecule has 0 aliphatic rings. The first-order chi connectivity index (χ1) is 8.29. The molecule has 17 heavy (non-hydrogen) atoms. The first-order valence-electron chi connectivity index (χ1n) is 5.83. The number of unbranched alkanes of at least 4 members (excludes halogenated alkanes) is 1. The number of rotatable bonds is 8. The number of hydrogen-bond acceptors (Lipinski definition) is 2. The summed E-state index contributed by atoms with van der Waals surface area (Å²) in [5, 5.41) is 0. The molecule has 1 aromatic rings. The van der Waals surface area contributed by atoms with Crippen LogP contribution in [-0.2, 0) is 10.6 Å². The van der Waals surface area contributed by atoms with Gasteiger partial charge in [-0.1, -0.05) is 25.5 Å². The zero-order valence-corrected chi connectivity index (χ0v) is 10.8. The van der Waals surface area contributed by atoms with Crippen LogP contribution in [0.25, 0.3) is 0 Å². The van der Waals surface area contributed by atoms with Crippen molar-refractivity contribution in [3.63, 3.8) is 0 Å². The van der Waals surface area contributed by atoms with Crippen molar-refractivity contribution in [3.8, 4) is 5.75 Å². The van der Waals surface area contributed by atoms with Crippen LogP contribution in [0.4, 0.5) is 4.39 Å². The summed E-state index contributed by atoms with van der Waals surface area (Å²) < 4.78 is 24.1. The van der Waals surface area contributed by atoms with Crippen molar-refractivity contribution < 1.29 is 13.9 Å². The molecular formula is C13H18ClFO2. The predicted octanol–water partition coefficient (Wildman–Crippen LogP) is 3.76. The second kappa shape index (κ2) is 8.31. The molecule has 4 heteroatoms. The van der Waals surface area contributed by atoms with E-state index >= 15 is 0 Å². The number of benzene rings is 1. The summed E-state index contributed by atoms with van der Waals surface area (Å²) in [5.74, 6) is 0.0994. The first-order valence-corrected chi connectivity index (χ1v) is 6.37. The highest BCUT2D eigenvalue weighted by atomic mass is 35.5. The summed E-state index contributed by atoms with van der Waals surface area (Å²) in [6.45, 7) is 3.63. The third kappa shape index (κ3) is 4.92. The second-order valence-corrected chi connectivity index (χ2v) is 3.94. The van der Waals surface area contributed by atoms with E-state index in [1.54, 1.807) is 12.1 Å². The van der Waals surface area contributed by atoms with Gasteiger partial charge in [-0.3, -0.25) is 0 Å². The molecule has 0 N–H and O–H groups in total. The normalized spacial score (nSPS) is 10.5. The van der Waals surface area contributed by atoms with Crippen molar-refractivity contribution in [2.45, 2.75) is 25.6 Å². The Labute approximate surface area is 107 Å². The second-order valence-electron chi connectivity index (χ2n) is 3.68. The highest BCUT2D eigenvalue weighted by molar-refractivity contribution is 6.17. The molecule has 0 radical (unpaired) electrons. The van der Waals surface area contributed by atoms with Crippen LogP contribution in [0.3, 0.4) is 0 Å². The molecule has 0 aliphatic carbocycles. The average Bonchev–Trinajstić information content (AvgIpc) is 2.35. The van der Waals surface area contributed by atoms with E-state index in [2.05, 4.69) is 6.92 Å². The van der Waals surface area contributed by atoms with Gasteiger partial charge in [0.05, 0.1) is 12.5 Å². The molecule has 0 amide bonds. The van der Waals surface area contributed by atoms with Gasteiger partial charge in [-0.25, -0.2) is 4.39 Å². The highest BCUT2D eigenvalue weighted by Crippen LogP contribution is 2.23. The molecule has 2 nitrogen and oxygen atoms in total. The van der Waals surface area contributed by atoms with Gasteiger partial charge in [0.2, 0.25) is 0 Å². The largest absolute Gasteiger partial charge is 0.488 e. The molecule has 0 spiro atoms. The van der Waals surface area contributed by atoms with E-state index < -0.39 is 0 Å². The summed E-state index contributed by atoms with van der Waals surface area (Å²) in [5.41, 5.74) is 0.667. The van der Waals surface area contributed by atoms with E-state index in [1.165, 1.54) is 6.07 Å². The Morgan fingerprint density at radius 2 is 2.06 bits per heavy atom. The number of hydrogen-bond donors (Lipinski definition) is 0. The van der Waals surface area contributed by atoms with Crippen molar-refractivity contribution in [1.82, 2.24) is 0 Å². The zero-order valence-electron chi connectivity index (χ0n) is 10.0. The van der Waals surface area contributed by atoms with Gasteiger partial charge >= 0.3 is 0 Å². The third-order valence-corrected chi connectivity index (χ3v) is 2.60. The lowest BCUT2D eigenvalue weighted by Crippen LogP contribution is -2.09. The Balaban J connectivity index is 2.35. The summed E-state index contributed by atoms with van der Waals surface area (Å²) in [6.07, 6.45) is 2.14. The van der Waals surface area contributed by atoms with Crippen molar-refractivity contribution in [2.75, 3.05) is 19.8 Å². The minimum Gasteiger partial charge on any atom is -0.488 e. The average molecular weight is 261 g/mol. The summed E-state index contributed by atoms with van der Waals surface area (Å²) in [4.78, 5) is 0. The Bertz CT molecular complexity index is 331. The predicted molar refractivity (Wildman–Crippen MR) is 67.2 cm³/mol. The van der Waals surface area contributed by atoms with E-state index in [9.17, 15) is 4.39 Å². The van der Waals surface area contributed by atoms with E-state index in [0.717, 1.165) is 19.4 Å². The summed E-state index contributed by atoms with van der Waals surface area (Å²) in [6, 6.07) is 4.74. The summed E-state index contributed by atoms with van der Waals surface area (Å²) >= 11 is 5.71. The van der Waals surface area contributed by atoms with Gasteiger partial charge in [0.1, 0.15) is 6.61 Å². The third-order valence-electron chi connectivity index (χ3n) is 2.31. The van der Waals surface area contributed by atoms with Crippen LogP contribution in [0, 0.1) is 5.82 Å². The van der Waals surface area contributed by atoms with E-state index in [-0.39, 0.29) is 17.4 Å². The van der Waals surface area contributed by atoms with Crippen LogP contribution >= 0.6 is 11.6 Å². The molecule has 0 saturated carbocycles. The quantitative estimate of drug-likeness (QED) is 0.523. The van der Waals surface area contributed by atoms with Crippen molar-refractivity contribution in [2.24, 2.45) is 0 Å². The van der Waals surface area contributed by atoms with Crippen LogP contribution in [0.5, 0.6) is 5.75 Å². The number of para-hydroxylation sites is 1. The molecule has 0 heterocycles. The summed E-state index contributed by atoms with van der Waals surface area (Å²) in [7, 11) is 0. The fourth-order valence-corrected chi connectivity index (χ4v) is 1.58. The van der Waals surface area contributed by atoms with Gasteiger partial charge in [-0.15, -0.1) is 11.6 Å². The minimum absolute atomic E-state index is 0.238. The van der Waals surface area contributed by atoms with E-state index in [4.69, 9.17) is 21.1 Å². The van der Waals surface area contributed by atoms with Gasteiger partial charge in [-0.05, 0) is 12.5 Å². The van der Waals surface area contributed by atoms with Crippen LogP contribution in [-0.4, -0.2) is 19.8 Å².